The summed E-state index contributed by atoms with van der Waals surface area (Å²) in [6.07, 6.45) is 2.72. The van der Waals surface area contributed by atoms with Crippen LogP contribution in [0.15, 0.2) is 24.3 Å². The number of nitrogens with one attached hydrogen (secondary N) is 1. The Balaban J connectivity index is 0.00000264. The van der Waals surface area contributed by atoms with Gasteiger partial charge < -0.3 is 11.1 Å². The molecule has 0 spiro atoms. The fourth-order valence-electron chi connectivity index (χ4n) is 2.87. The molecule has 24 heavy (non-hydrogen) atoms. The zero-order valence-corrected chi connectivity index (χ0v) is 15.7. The highest BCUT2D eigenvalue weighted by atomic mass is 35.5. The third kappa shape index (κ3) is 7.79. The molecule has 0 saturated carbocycles. The molecular formula is C17H28Cl2FN3O. The predicted octanol–water partition coefficient (Wildman–Crippen LogP) is 2.73. The number of carbonyl (C=O) groups excluding carboxylic acids is 1. The van der Waals surface area contributed by atoms with Crippen LogP contribution in [0.4, 0.5) is 4.39 Å². The maximum absolute atomic E-state index is 13.2. The third-order valence-electron chi connectivity index (χ3n) is 4.07. The van der Waals surface area contributed by atoms with Gasteiger partial charge in [-0.15, -0.1) is 24.8 Å². The second-order valence-corrected chi connectivity index (χ2v) is 6.26. The molecule has 0 aliphatic carbocycles. The average Bonchev–Trinajstić information content (AvgIpc) is 2.47. The van der Waals surface area contributed by atoms with Gasteiger partial charge in [-0.25, -0.2) is 4.39 Å². The molecule has 1 amide bonds. The Labute approximate surface area is 156 Å². The molecule has 7 heteroatoms. The van der Waals surface area contributed by atoms with Crippen molar-refractivity contribution in [2.45, 2.75) is 38.8 Å². The number of benzene rings is 1. The van der Waals surface area contributed by atoms with Crippen LogP contribution in [0.5, 0.6) is 0 Å². The highest BCUT2D eigenvalue weighted by Crippen LogP contribution is 2.19. The number of rotatable bonds is 6. The summed E-state index contributed by atoms with van der Waals surface area (Å²) in [6, 6.07) is 6.78. The number of hydrogen-bond acceptors (Lipinski definition) is 3. The Kier molecular flexibility index (Phi) is 11.2. The molecular weight excluding hydrogens is 352 g/mol. The van der Waals surface area contributed by atoms with Gasteiger partial charge in [0, 0.05) is 25.7 Å². The summed E-state index contributed by atoms with van der Waals surface area (Å²) < 4.78 is 13.2. The van der Waals surface area contributed by atoms with Crippen LogP contribution in [0.1, 0.15) is 31.7 Å². The molecule has 1 aromatic carbocycles. The number of hydrogen-bond donors (Lipinski definition) is 2. The molecule has 0 radical (unpaired) electrons. The first-order chi connectivity index (χ1) is 10.5. The van der Waals surface area contributed by atoms with Crippen molar-refractivity contribution in [1.82, 2.24) is 10.2 Å². The van der Waals surface area contributed by atoms with E-state index in [4.69, 9.17) is 5.73 Å². The second-order valence-electron chi connectivity index (χ2n) is 6.26. The Hall–Kier alpha value is -0.880. The Morgan fingerprint density at radius 1 is 1.46 bits per heavy atom. The van der Waals surface area contributed by atoms with Crippen molar-refractivity contribution in [1.29, 1.82) is 0 Å². The van der Waals surface area contributed by atoms with Crippen molar-refractivity contribution in [3.8, 4) is 0 Å². The molecule has 1 heterocycles. The maximum atomic E-state index is 13.2. The molecule has 2 rings (SSSR count). The lowest BCUT2D eigenvalue weighted by molar-refractivity contribution is -0.126. The zero-order chi connectivity index (χ0) is 15.9. The van der Waals surface area contributed by atoms with Gasteiger partial charge >= 0.3 is 0 Å². The number of likely N-dealkylation sites (tertiary alicyclic amines) is 1. The molecule has 1 saturated heterocycles. The topological polar surface area (TPSA) is 58.4 Å². The lowest BCUT2D eigenvalue weighted by Gasteiger charge is -2.32. The third-order valence-corrected chi connectivity index (χ3v) is 4.07. The summed E-state index contributed by atoms with van der Waals surface area (Å²) in [6.45, 7) is 4.96. The lowest BCUT2D eigenvalue weighted by Crippen LogP contribution is -2.43. The van der Waals surface area contributed by atoms with Crippen LogP contribution in [0.25, 0.3) is 0 Å². The molecule has 1 fully saturated rings. The lowest BCUT2D eigenvalue weighted by atomic mass is 9.96. The standard InChI is InChI=1S/C17H26FN3O.2ClH/c1-13(19)7-8-20-17(22)15-5-3-9-21(12-15)11-14-4-2-6-16(18)10-14;;/h2,4,6,10,13,15H,3,5,7-9,11-12,19H2,1H3,(H,20,22);2*1H. The van der Waals surface area contributed by atoms with E-state index < -0.39 is 0 Å². The molecule has 0 aromatic heterocycles. The largest absolute Gasteiger partial charge is 0.356 e. The SMILES string of the molecule is CC(N)CCNC(=O)C1CCCN(Cc2cccc(F)c2)C1.Cl.Cl. The minimum atomic E-state index is -0.209. The van der Waals surface area contributed by atoms with E-state index in [9.17, 15) is 9.18 Å². The second kappa shape index (κ2) is 11.6. The van der Waals surface area contributed by atoms with E-state index in [-0.39, 0.29) is 48.5 Å². The Morgan fingerprint density at radius 3 is 2.88 bits per heavy atom. The van der Waals surface area contributed by atoms with Crippen LogP contribution in [0.2, 0.25) is 0 Å². The van der Waals surface area contributed by atoms with Crippen molar-refractivity contribution < 1.29 is 9.18 Å². The van der Waals surface area contributed by atoms with Crippen molar-refractivity contribution in [3.05, 3.63) is 35.6 Å². The molecule has 0 bridgehead atoms. The number of nitrogens with zero attached hydrogens (tertiary/aromatic N) is 1. The van der Waals surface area contributed by atoms with Crippen LogP contribution >= 0.6 is 24.8 Å². The van der Waals surface area contributed by atoms with Crippen molar-refractivity contribution in [3.63, 3.8) is 0 Å². The van der Waals surface area contributed by atoms with E-state index in [1.807, 2.05) is 13.0 Å². The van der Waals surface area contributed by atoms with Crippen LogP contribution in [-0.2, 0) is 11.3 Å². The van der Waals surface area contributed by atoms with E-state index >= 15 is 0 Å². The van der Waals surface area contributed by atoms with Crippen LogP contribution in [-0.4, -0.2) is 36.5 Å². The summed E-state index contributed by atoms with van der Waals surface area (Å²) in [5.41, 5.74) is 6.64. The molecule has 3 N–H and O–H groups in total. The van der Waals surface area contributed by atoms with Crippen molar-refractivity contribution >= 4 is 30.7 Å². The number of carbonyl (C=O) groups is 1. The molecule has 1 aliphatic rings. The molecule has 138 valence electrons. The van der Waals surface area contributed by atoms with Gasteiger partial charge in [-0.05, 0) is 50.4 Å². The van der Waals surface area contributed by atoms with Gasteiger partial charge in [-0.1, -0.05) is 12.1 Å². The van der Waals surface area contributed by atoms with Gasteiger partial charge in [0.2, 0.25) is 5.91 Å². The average molecular weight is 380 g/mol. The van der Waals surface area contributed by atoms with E-state index in [2.05, 4.69) is 10.2 Å². The van der Waals surface area contributed by atoms with E-state index in [0.29, 0.717) is 13.1 Å². The van der Waals surface area contributed by atoms with Gasteiger partial charge in [0.15, 0.2) is 0 Å². The fourth-order valence-corrected chi connectivity index (χ4v) is 2.87. The summed E-state index contributed by atoms with van der Waals surface area (Å²) in [5, 5.41) is 2.97. The number of piperidine rings is 1. The smallest absolute Gasteiger partial charge is 0.224 e. The first-order valence-corrected chi connectivity index (χ1v) is 8.04. The van der Waals surface area contributed by atoms with Crippen molar-refractivity contribution in [2.24, 2.45) is 11.7 Å². The summed E-state index contributed by atoms with van der Waals surface area (Å²) in [7, 11) is 0. The molecule has 1 aromatic rings. The zero-order valence-electron chi connectivity index (χ0n) is 14.0. The molecule has 2 unspecified atom stereocenters. The fraction of sp³-hybridized carbons (Fsp3) is 0.588. The Bertz CT molecular complexity index is 502. The Morgan fingerprint density at radius 2 is 2.21 bits per heavy atom. The highest BCUT2D eigenvalue weighted by Gasteiger charge is 2.25. The first kappa shape index (κ1) is 23.1. The molecule has 1 aliphatic heterocycles. The highest BCUT2D eigenvalue weighted by molar-refractivity contribution is 5.85. The van der Waals surface area contributed by atoms with Gasteiger partial charge in [-0.3, -0.25) is 9.69 Å². The van der Waals surface area contributed by atoms with Gasteiger partial charge in [-0.2, -0.15) is 0 Å². The number of nitrogens with two attached hydrogens (primary N) is 1. The van der Waals surface area contributed by atoms with Gasteiger partial charge in [0.1, 0.15) is 5.82 Å². The summed E-state index contributed by atoms with van der Waals surface area (Å²) in [4.78, 5) is 14.4. The normalized spacial score (nSPS) is 18.9. The summed E-state index contributed by atoms with van der Waals surface area (Å²) >= 11 is 0. The van der Waals surface area contributed by atoms with E-state index in [1.54, 1.807) is 12.1 Å². The molecule has 4 nitrogen and oxygen atoms in total. The van der Waals surface area contributed by atoms with Gasteiger partial charge in [0.05, 0.1) is 5.92 Å². The van der Waals surface area contributed by atoms with Crippen LogP contribution in [0, 0.1) is 11.7 Å². The first-order valence-electron chi connectivity index (χ1n) is 8.04. The predicted molar refractivity (Wildman–Crippen MR) is 100 cm³/mol. The van der Waals surface area contributed by atoms with Crippen molar-refractivity contribution in [2.75, 3.05) is 19.6 Å². The minimum Gasteiger partial charge on any atom is -0.356 e. The maximum Gasteiger partial charge on any atom is 0.224 e. The molecule has 2 atom stereocenters. The van der Waals surface area contributed by atoms with E-state index in [0.717, 1.165) is 37.9 Å². The van der Waals surface area contributed by atoms with Crippen LogP contribution in [0.3, 0.4) is 0 Å². The van der Waals surface area contributed by atoms with Gasteiger partial charge in [0.25, 0.3) is 0 Å². The number of amides is 1. The van der Waals surface area contributed by atoms with E-state index in [1.165, 1.54) is 6.07 Å². The monoisotopic (exact) mass is 379 g/mol. The van der Waals surface area contributed by atoms with Crippen LogP contribution < -0.4 is 11.1 Å². The quantitative estimate of drug-likeness (QED) is 0.798. The minimum absolute atomic E-state index is 0. The number of halogens is 3. The summed E-state index contributed by atoms with van der Waals surface area (Å²) in [5.74, 6) is -0.0697.